The SMILES string of the molecule is O=C(OC1CCCCC1C(O)(C(F)(F)F)C(F)(F)F)C(I)C12NI1N2. The third-order valence-electron chi connectivity index (χ3n) is 4.62. The zero-order valence-corrected chi connectivity index (χ0v) is 16.7. The van der Waals surface area contributed by atoms with E-state index in [-0.39, 0.29) is 12.8 Å². The van der Waals surface area contributed by atoms with E-state index < -0.39 is 70.3 Å². The van der Waals surface area contributed by atoms with Crippen molar-refractivity contribution in [1.82, 2.24) is 7.06 Å². The van der Waals surface area contributed by atoms with Gasteiger partial charge in [-0.05, 0) is 0 Å². The number of esters is 1. The van der Waals surface area contributed by atoms with Crippen molar-refractivity contribution in [3.05, 3.63) is 0 Å². The number of alkyl halides is 8. The molecule has 0 aromatic heterocycles. The van der Waals surface area contributed by atoms with Gasteiger partial charge in [-0.2, -0.15) is 0 Å². The van der Waals surface area contributed by atoms with E-state index in [4.69, 9.17) is 4.74 Å². The summed E-state index contributed by atoms with van der Waals surface area (Å²) in [6, 6.07) is 0. The number of hydrogen-bond acceptors (Lipinski definition) is 5. The van der Waals surface area contributed by atoms with Crippen LogP contribution in [0.3, 0.4) is 0 Å². The molecule has 0 radical (unpaired) electrons. The van der Waals surface area contributed by atoms with Crippen LogP contribution in [-0.2, 0) is 9.53 Å². The molecule has 25 heavy (non-hydrogen) atoms. The average Bonchev–Trinajstić information content (AvgIpc) is 3.33. The topological polar surface area (TPSA) is 90.4 Å². The second kappa shape index (κ2) is 6.20. The van der Waals surface area contributed by atoms with Crippen molar-refractivity contribution in [2.45, 2.75) is 57.3 Å². The molecule has 0 spiro atoms. The minimum absolute atomic E-state index is 0.0871. The van der Waals surface area contributed by atoms with Crippen LogP contribution in [-0.4, -0.2) is 42.7 Å². The Morgan fingerprint density at radius 3 is 2.08 bits per heavy atom. The van der Waals surface area contributed by atoms with Crippen LogP contribution in [0.5, 0.6) is 0 Å². The Kier molecular flexibility index (Phi) is 4.99. The first kappa shape index (κ1) is 20.1. The Morgan fingerprint density at radius 2 is 1.64 bits per heavy atom. The van der Waals surface area contributed by atoms with Crippen LogP contribution >= 0.6 is 43.0 Å². The molecule has 3 unspecified atom stereocenters. The van der Waals surface area contributed by atoms with Crippen LogP contribution in [0.15, 0.2) is 0 Å². The normalized spacial score (nSPS) is 31.1. The number of carbonyl (C=O) groups is 1. The molecule has 3 fully saturated rings. The molecule has 3 rings (SSSR count). The molecule has 146 valence electrons. The fourth-order valence-electron chi connectivity index (χ4n) is 3.10. The van der Waals surface area contributed by atoms with Crippen molar-refractivity contribution in [3.8, 4) is 0 Å². The summed E-state index contributed by atoms with van der Waals surface area (Å²) in [4.78, 5) is 12.2. The van der Waals surface area contributed by atoms with Gasteiger partial charge in [0.25, 0.3) is 0 Å². The van der Waals surface area contributed by atoms with Crippen LogP contribution < -0.4 is 7.06 Å². The molecule has 0 amide bonds. The molecule has 3 N–H and O–H groups in total. The van der Waals surface area contributed by atoms with Gasteiger partial charge in [0.15, 0.2) is 0 Å². The Balaban J connectivity index is 1.80. The van der Waals surface area contributed by atoms with Gasteiger partial charge in [-0.15, -0.1) is 0 Å². The Morgan fingerprint density at radius 1 is 1.16 bits per heavy atom. The summed E-state index contributed by atoms with van der Waals surface area (Å²) in [5, 5.41) is 9.65. The second-order valence-electron chi connectivity index (χ2n) is 6.17. The van der Waals surface area contributed by atoms with Gasteiger partial charge >= 0.3 is 160 Å². The molecule has 1 saturated carbocycles. The summed E-state index contributed by atoms with van der Waals surface area (Å²) >= 11 is 0.254. The number of halogens is 8. The molecular weight excluding hydrogens is 588 g/mol. The molecule has 3 atom stereocenters. The Bertz CT molecular complexity index is 552. The van der Waals surface area contributed by atoms with Crippen LogP contribution in [0.2, 0.25) is 0 Å². The minimum atomic E-state index is -5.92. The van der Waals surface area contributed by atoms with Gasteiger partial charge in [-0.3, -0.25) is 0 Å². The molecule has 0 aromatic carbocycles. The molecular formula is C12H14F6I2N2O3. The number of fused-ring (bicyclic) bond motifs is 1. The van der Waals surface area contributed by atoms with Crippen LogP contribution in [0.25, 0.3) is 0 Å². The van der Waals surface area contributed by atoms with Crippen molar-refractivity contribution in [3.63, 3.8) is 0 Å². The molecule has 1 aliphatic carbocycles. The van der Waals surface area contributed by atoms with Crippen LogP contribution in [0.4, 0.5) is 26.3 Å². The monoisotopic (exact) mass is 602 g/mol. The predicted molar refractivity (Wildman–Crippen MR) is 89.7 cm³/mol. The summed E-state index contributed by atoms with van der Waals surface area (Å²) < 4.78 is 88.7. The van der Waals surface area contributed by atoms with Gasteiger partial charge in [0.1, 0.15) is 0 Å². The summed E-state index contributed by atoms with van der Waals surface area (Å²) in [5.74, 6) is -3.14. The number of nitrogens with one attached hydrogen (secondary N) is 2. The maximum atomic E-state index is 13.1. The summed E-state index contributed by atoms with van der Waals surface area (Å²) in [5.41, 5.74) is -4.90. The first-order chi connectivity index (χ1) is 11.3. The van der Waals surface area contributed by atoms with E-state index in [0.29, 0.717) is 6.42 Å². The quantitative estimate of drug-likeness (QED) is 0.0877. The molecule has 2 aliphatic heterocycles. The summed E-state index contributed by atoms with van der Waals surface area (Å²) in [6.07, 6.45) is -13.7. The fraction of sp³-hybridized carbons (Fsp3) is 0.917. The molecule has 3 aliphatic rings. The molecule has 2 saturated heterocycles. The van der Waals surface area contributed by atoms with Gasteiger partial charge < -0.3 is 0 Å². The zero-order valence-electron chi connectivity index (χ0n) is 12.3. The molecule has 5 nitrogen and oxygen atoms in total. The van der Waals surface area contributed by atoms with E-state index >= 15 is 0 Å². The van der Waals surface area contributed by atoms with Gasteiger partial charge in [-0.1, -0.05) is 0 Å². The zero-order chi connectivity index (χ0) is 18.8. The maximum absolute atomic E-state index is 13.1. The second-order valence-corrected chi connectivity index (χ2v) is 11.8. The van der Waals surface area contributed by atoms with E-state index in [2.05, 4.69) is 7.06 Å². The van der Waals surface area contributed by atoms with Crippen molar-refractivity contribution < 1.29 is 41.0 Å². The first-order valence-electron chi connectivity index (χ1n) is 7.30. The van der Waals surface area contributed by atoms with Gasteiger partial charge in [0.05, 0.1) is 0 Å². The van der Waals surface area contributed by atoms with E-state index in [1.807, 2.05) is 0 Å². The molecule has 2 heterocycles. The van der Waals surface area contributed by atoms with Crippen molar-refractivity contribution in [1.29, 1.82) is 0 Å². The third kappa shape index (κ3) is 3.24. The van der Waals surface area contributed by atoms with Gasteiger partial charge in [-0.25, -0.2) is 0 Å². The predicted octanol–water partition coefficient (Wildman–Crippen LogP) is 2.94. The van der Waals surface area contributed by atoms with Crippen LogP contribution in [0, 0.1) is 5.92 Å². The van der Waals surface area contributed by atoms with E-state index in [1.54, 1.807) is 22.6 Å². The third-order valence-corrected chi connectivity index (χ3v) is 11.8. The number of ether oxygens (including phenoxy) is 1. The number of rotatable bonds is 4. The van der Waals surface area contributed by atoms with E-state index in [1.165, 1.54) is 0 Å². The average molecular weight is 602 g/mol. The van der Waals surface area contributed by atoms with E-state index in [9.17, 15) is 36.2 Å². The molecule has 0 aromatic rings. The van der Waals surface area contributed by atoms with Gasteiger partial charge in [0.2, 0.25) is 0 Å². The van der Waals surface area contributed by atoms with E-state index in [0.717, 1.165) is 0 Å². The van der Waals surface area contributed by atoms with Crippen LogP contribution in [0.1, 0.15) is 25.7 Å². The Hall–Kier alpha value is 0.390. The number of carbonyl (C=O) groups excluding carboxylic acids is 1. The van der Waals surface area contributed by atoms with Crippen molar-refractivity contribution >= 4 is 48.9 Å². The molecule has 13 heteroatoms. The standard InChI is InChI=1S/C12H14F6I2N2O3/c13-11(14,15)9(24,12(16,17)18)5-3-1-2-4-6(5)25-8(23)7(19)10-20(21-10)22-10/h5-7,21-22,24H,1-4H2. The summed E-state index contributed by atoms with van der Waals surface area (Å²) in [6.45, 7) is 0. The van der Waals surface area contributed by atoms with Crippen molar-refractivity contribution in [2.24, 2.45) is 5.92 Å². The number of hydrogen-bond donors (Lipinski definition) is 3. The molecule has 0 bridgehead atoms. The summed E-state index contributed by atoms with van der Waals surface area (Å²) in [7, 11) is 0. The Labute approximate surface area is 159 Å². The van der Waals surface area contributed by atoms with Gasteiger partial charge in [0, 0.05) is 0 Å². The first-order valence-corrected chi connectivity index (χ1v) is 11.8. The number of aliphatic hydroxyl groups is 1. The van der Waals surface area contributed by atoms with Crippen molar-refractivity contribution in [2.75, 3.05) is 0 Å². The fourth-order valence-corrected chi connectivity index (χ4v) is 10.5.